The molecule has 0 bridgehead atoms. The minimum atomic E-state index is -4.41. The van der Waals surface area contributed by atoms with Gasteiger partial charge in [0.15, 0.2) is 0 Å². The van der Waals surface area contributed by atoms with E-state index in [1.807, 2.05) is 0 Å². The lowest BCUT2D eigenvalue weighted by Crippen LogP contribution is -2.41. The van der Waals surface area contributed by atoms with Crippen molar-refractivity contribution >= 4 is 11.9 Å². The van der Waals surface area contributed by atoms with Crippen LogP contribution in [0.25, 0.3) is 0 Å². The Bertz CT molecular complexity index is 539. The Labute approximate surface area is 119 Å². The Morgan fingerprint density at radius 1 is 1.24 bits per heavy atom. The fourth-order valence-corrected chi connectivity index (χ4v) is 2.41. The maximum absolute atomic E-state index is 12.4. The zero-order valence-corrected chi connectivity index (χ0v) is 11.1. The highest BCUT2D eigenvalue weighted by Crippen LogP contribution is 2.29. The van der Waals surface area contributed by atoms with Gasteiger partial charge in [-0.1, -0.05) is 12.1 Å². The second-order valence-electron chi connectivity index (χ2n) is 4.95. The standard InChI is InChI=1S/C14H14F3NO3/c15-14(16,17)10-5-3-9(4-6-10)8-12(19)18-7-1-2-11(18)13(20)21/h3-6,11H,1-2,7-8H2,(H,20,21). The molecule has 21 heavy (non-hydrogen) atoms. The number of carboxylic acids is 1. The van der Waals surface area contributed by atoms with Crippen molar-refractivity contribution < 1.29 is 27.9 Å². The third-order valence-corrected chi connectivity index (χ3v) is 3.49. The lowest BCUT2D eigenvalue weighted by atomic mass is 10.1. The van der Waals surface area contributed by atoms with Gasteiger partial charge in [0.25, 0.3) is 0 Å². The molecule has 1 heterocycles. The van der Waals surface area contributed by atoms with Crippen LogP contribution in [0.4, 0.5) is 13.2 Å². The van der Waals surface area contributed by atoms with E-state index in [1.165, 1.54) is 17.0 Å². The monoisotopic (exact) mass is 301 g/mol. The van der Waals surface area contributed by atoms with E-state index >= 15 is 0 Å². The first kappa shape index (κ1) is 15.3. The number of carbonyl (C=O) groups excluding carboxylic acids is 1. The largest absolute Gasteiger partial charge is 0.480 e. The predicted octanol–water partition coefficient (Wildman–Crippen LogP) is 2.32. The van der Waals surface area contributed by atoms with Crippen molar-refractivity contribution in [3.63, 3.8) is 0 Å². The summed E-state index contributed by atoms with van der Waals surface area (Å²) in [4.78, 5) is 24.3. The lowest BCUT2D eigenvalue weighted by molar-refractivity contribution is -0.148. The van der Waals surface area contributed by atoms with Crippen LogP contribution in [0.2, 0.25) is 0 Å². The Hall–Kier alpha value is -2.05. The number of likely N-dealkylation sites (tertiary alicyclic amines) is 1. The van der Waals surface area contributed by atoms with Crippen molar-refractivity contribution in [2.75, 3.05) is 6.54 Å². The Morgan fingerprint density at radius 2 is 1.86 bits per heavy atom. The van der Waals surface area contributed by atoms with Gasteiger partial charge in [-0.2, -0.15) is 13.2 Å². The first-order chi connectivity index (χ1) is 9.79. The summed E-state index contributed by atoms with van der Waals surface area (Å²) < 4.78 is 37.3. The molecular weight excluding hydrogens is 287 g/mol. The van der Waals surface area contributed by atoms with Gasteiger partial charge in [0, 0.05) is 6.54 Å². The fourth-order valence-electron chi connectivity index (χ4n) is 2.41. The minimum absolute atomic E-state index is 0.0953. The number of halogens is 3. The number of aliphatic carboxylic acids is 1. The summed E-state index contributed by atoms with van der Waals surface area (Å²) in [5, 5.41) is 9.01. The van der Waals surface area contributed by atoms with Gasteiger partial charge in [-0.15, -0.1) is 0 Å². The number of hydrogen-bond donors (Lipinski definition) is 1. The molecule has 1 saturated heterocycles. The summed E-state index contributed by atoms with van der Waals surface area (Å²) in [6.07, 6.45) is -3.47. The number of benzene rings is 1. The summed E-state index contributed by atoms with van der Waals surface area (Å²) in [6, 6.07) is 3.49. The number of carbonyl (C=O) groups is 2. The molecule has 1 amide bonds. The van der Waals surface area contributed by atoms with E-state index in [-0.39, 0.29) is 12.3 Å². The molecule has 7 heteroatoms. The van der Waals surface area contributed by atoms with E-state index in [0.717, 1.165) is 12.1 Å². The summed E-state index contributed by atoms with van der Waals surface area (Å²) >= 11 is 0. The molecule has 0 spiro atoms. The number of nitrogens with zero attached hydrogens (tertiary/aromatic N) is 1. The van der Waals surface area contributed by atoms with Gasteiger partial charge in [0.1, 0.15) is 6.04 Å². The fraction of sp³-hybridized carbons (Fsp3) is 0.429. The van der Waals surface area contributed by atoms with E-state index < -0.39 is 23.8 Å². The molecule has 4 nitrogen and oxygen atoms in total. The number of carboxylic acid groups (broad SMARTS) is 1. The third kappa shape index (κ3) is 3.53. The van der Waals surface area contributed by atoms with Gasteiger partial charge in [0.05, 0.1) is 12.0 Å². The molecule has 1 N–H and O–H groups in total. The van der Waals surface area contributed by atoms with E-state index in [4.69, 9.17) is 5.11 Å². The van der Waals surface area contributed by atoms with Crippen LogP contribution in [0.15, 0.2) is 24.3 Å². The van der Waals surface area contributed by atoms with E-state index in [2.05, 4.69) is 0 Å². The molecule has 2 rings (SSSR count). The average molecular weight is 301 g/mol. The summed E-state index contributed by atoms with van der Waals surface area (Å²) in [5.41, 5.74) is -0.340. The first-order valence-electron chi connectivity index (χ1n) is 6.47. The molecule has 1 aromatic carbocycles. The topological polar surface area (TPSA) is 57.6 Å². The molecule has 1 atom stereocenters. The molecule has 1 aliphatic rings. The third-order valence-electron chi connectivity index (χ3n) is 3.49. The Balaban J connectivity index is 2.04. The Morgan fingerprint density at radius 3 is 2.38 bits per heavy atom. The zero-order valence-electron chi connectivity index (χ0n) is 11.1. The van der Waals surface area contributed by atoms with Crippen molar-refractivity contribution in [3.05, 3.63) is 35.4 Å². The van der Waals surface area contributed by atoms with Crippen molar-refractivity contribution in [3.8, 4) is 0 Å². The van der Waals surface area contributed by atoms with Gasteiger partial charge < -0.3 is 10.0 Å². The summed E-state index contributed by atoms with van der Waals surface area (Å²) in [6.45, 7) is 0.371. The number of rotatable bonds is 3. The van der Waals surface area contributed by atoms with Crippen molar-refractivity contribution in [1.82, 2.24) is 4.90 Å². The highest BCUT2D eigenvalue weighted by atomic mass is 19.4. The maximum Gasteiger partial charge on any atom is 0.416 e. The van der Waals surface area contributed by atoms with Crippen molar-refractivity contribution in [2.45, 2.75) is 31.5 Å². The van der Waals surface area contributed by atoms with E-state index in [0.29, 0.717) is 24.9 Å². The smallest absolute Gasteiger partial charge is 0.416 e. The van der Waals surface area contributed by atoms with Crippen LogP contribution < -0.4 is 0 Å². The molecule has 0 aliphatic carbocycles. The number of alkyl halides is 3. The molecular formula is C14H14F3NO3. The normalized spacial score (nSPS) is 18.8. The van der Waals surface area contributed by atoms with Crippen LogP contribution in [0, 0.1) is 0 Å². The molecule has 0 aromatic heterocycles. The van der Waals surface area contributed by atoms with E-state index in [9.17, 15) is 22.8 Å². The summed E-state index contributed by atoms with van der Waals surface area (Å²) in [5.74, 6) is -1.42. The zero-order chi connectivity index (χ0) is 15.6. The van der Waals surface area contributed by atoms with Crippen LogP contribution in [-0.4, -0.2) is 34.5 Å². The maximum atomic E-state index is 12.4. The van der Waals surface area contributed by atoms with Crippen LogP contribution in [0.1, 0.15) is 24.0 Å². The van der Waals surface area contributed by atoms with Crippen molar-refractivity contribution in [1.29, 1.82) is 0 Å². The first-order valence-corrected chi connectivity index (χ1v) is 6.47. The predicted molar refractivity (Wildman–Crippen MR) is 67.5 cm³/mol. The number of amides is 1. The minimum Gasteiger partial charge on any atom is -0.480 e. The second kappa shape index (κ2) is 5.75. The quantitative estimate of drug-likeness (QED) is 0.932. The molecule has 1 aliphatic heterocycles. The molecule has 0 saturated carbocycles. The van der Waals surface area contributed by atoms with Crippen LogP contribution in [0.5, 0.6) is 0 Å². The highest BCUT2D eigenvalue weighted by molar-refractivity contribution is 5.85. The molecule has 1 unspecified atom stereocenters. The molecule has 1 aromatic rings. The molecule has 114 valence electrons. The summed E-state index contributed by atoms with van der Waals surface area (Å²) in [7, 11) is 0. The second-order valence-corrected chi connectivity index (χ2v) is 4.95. The SMILES string of the molecule is O=C(O)C1CCCN1C(=O)Cc1ccc(C(F)(F)F)cc1. The van der Waals surface area contributed by atoms with Gasteiger partial charge in [-0.25, -0.2) is 4.79 Å². The van der Waals surface area contributed by atoms with E-state index in [1.54, 1.807) is 0 Å². The van der Waals surface area contributed by atoms with Crippen LogP contribution >= 0.6 is 0 Å². The van der Waals surface area contributed by atoms with Crippen LogP contribution in [-0.2, 0) is 22.2 Å². The van der Waals surface area contributed by atoms with Gasteiger partial charge in [0.2, 0.25) is 5.91 Å². The number of hydrogen-bond acceptors (Lipinski definition) is 2. The highest BCUT2D eigenvalue weighted by Gasteiger charge is 2.34. The average Bonchev–Trinajstić information content (AvgIpc) is 2.87. The van der Waals surface area contributed by atoms with Gasteiger partial charge in [-0.05, 0) is 30.5 Å². The molecule has 1 fully saturated rings. The molecule has 0 radical (unpaired) electrons. The van der Waals surface area contributed by atoms with Gasteiger partial charge >= 0.3 is 12.1 Å². The Kier molecular flexibility index (Phi) is 4.20. The van der Waals surface area contributed by atoms with Gasteiger partial charge in [-0.3, -0.25) is 4.79 Å². The van der Waals surface area contributed by atoms with Crippen molar-refractivity contribution in [2.24, 2.45) is 0 Å². The lowest BCUT2D eigenvalue weighted by Gasteiger charge is -2.21. The van der Waals surface area contributed by atoms with Crippen LogP contribution in [0.3, 0.4) is 0 Å².